The zero-order valence-corrected chi connectivity index (χ0v) is 11.5. The van der Waals surface area contributed by atoms with Gasteiger partial charge < -0.3 is 10.4 Å². The van der Waals surface area contributed by atoms with Gasteiger partial charge in [-0.25, -0.2) is 14.4 Å². The van der Waals surface area contributed by atoms with Crippen molar-refractivity contribution in [3.8, 4) is 5.75 Å². The predicted molar refractivity (Wildman–Crippen MR) is 77.7 cm³/mol. The van der Waals surface area contributed by atoms with Crippen LogP contribution in [0.4, 0.5) is 10.2 Å². The number of halogens is 2. The van der Waals surface area contributed by atoms with Crippen LogP contribution in [0.2, 0.25) is 5.28 Å². The Hall–Kier alpha value is -2.47. The number of para-hydroxylation sites is 1. The monoisotopic (exact) mass is 304 g/mol. The lowest BCUT2D eigenvalue weighted by atomic mass is 10.2. The van der Waals surface area contributed by atoms with Crippen molar-refractivity contribution >= 4 is 28.3 Å². The summed E-state index contributed by atoms with van der Waals surface area (Å²) in [7, 11) is 0. The number of rotatable bonds is 3. The summed E-state index contributed by atoms with van der Waals surface area (Å²) in [5.74, 6) is 0.0318. The first-order valence-corrected chi connectivity index (χ1v) is 6.50. The van der Waals surface area contributed by atoms with E-state index in [1.807, 2.05) is 0 Å². The van der Waals surface area contributed by atoms with E-state index in [9.17, 15) is 9.50 Å². The Bertz CT molecular complexity index is 812. The molecule has 1 aromatic carbocycles. The number of phenols is 1. The van der Waals surface area contributed by atoms with Gasteiger partial charge in [-0.1, -0.05) is 6.07 Å². The van der Waals surface area contributed by atoms with Crippen LogP contribution in [0.15, 0.2) is 36.7 Å². The van der Waals surface area contributed by atoms with Crippen molar-refractivity contribution in [2.75, 3.05) is 5.32 Å². The first-order chi connectivity index (χ1) is 10.1. The molecule has 21 heavy (non-hydrogen) atoms. The molecule has 0 saturated heterocycles. The summed E-state index contributed by atoms with van der Waals surface area (Å²) < 4.78 is 13.5. The van der Waals surface area contributed by atoms with Crippen molar-refractivity contribution < 1.29 is 9.50 Å². The van der Waals surface area contributed by atoms with E-state index in [-0.39, 0.29) is 17.6 Å². The van der Waals surface area contributed by atoms with E-state index in [2.05, 4.69) is 20.3 Å². The van der Waals surface area contributed by atoms with E-state index in [0.717, 1.165) is 6.20 Å². The fourth-order valence-corrected chi connectivity index (χ4v) is 2.14. The molecule has 0 spiro atoms. The zero-order valence-electron chi connectivity index (χ0n) is 10.7. The van der Waals surface area contributed by atoms with Gasteiger partial charge in [0.15, 0.2) is 0 Å². The number of hydrogen-bond acceptors (Lipinski definition) is 5. The Kier molecular flexibility index (Phi) is 3.53. The van der Waals surface area contributed by atoms with Crippen molar-refractivity contribution in [2.24, 2.45) is 0 Å². The highest BCUT2D eigenvalue weighted by molar-refractivity contribution is 6.29. The van der Waals surface area contributed by atoms with Crippen LogP contribution in [0.5, 0.6) is 5.75 Å². The first kappa shape index (κ1) is 13.5. The van der Waals surface area contributed by atoms with Crippen LogP contribution in [0, 0.1) is 5.82 Å². The molecule has 2 N–H and O–H groups in total. The van der Waals surface area contributed by atoms with E-state index in [4.69, 9.17) is 11.6 Å². The van der Waals surface area contributed by atoms with Gasteiger partial charge in [0.05, 0.1) is 6.20 Å². The minimum absolute atomic E-state index is 0.00157. The average Bonchev–Trinajstić information content (AvgIpc) is 2.47. The maximum atomic E-state index is 13.5. The Morgan fingerprint density at radius 1 is 1.24 bits per heavy atom. The molecule has 0 bridgehead atoms. The number of nitrogens with one attached hydrogen (secondary N) is 1. The molecule has 0 aliphatic heterocycles. The second kappa shape index (κ2) is 5.49. The predicted octanol–water partition coefficient (Wildman–Crippen LogP) is 3.14. The van der Waals surface area contributed by atoms with Crippen molar-refractivity contribution in [1.29, 1.82) is 0 Å². The molecule has 2 aromatic heterocycles. The second-order valence-corrected chi connectivity index (χ2v) is 4.67. The van der Waals surface area contributed by atoms with Crippen LogP contribution in [-0.4, -0.2) is 20.1 Å². The van der Waals surface area contributed by atoms with E-state index < -0.39 is 5.82 Å². The summed E-state index contributed by atoms with van der Waals surface area (Å²) in [6.07, 6.45) is 2.66. The number of aromatic hydroxyl groups is 1. The van der Waals surface area contributed by atoms with Crippen molar-refractivity contribution in [3.05, 3.63) is 53.3 Å². The minimum Gasteiger partial charge on any atom is -0.506 e. The van der Waals surface area contributed by atoms with Gasteiger partial charge in [0.2, 0.25) is 5.28 Å². The summed E-state index contributed by atoms with van der Waals surface area (Å²) >= 11 is 5.85. The molecule has 106 valence electrons. The smallest absolute Gasteiger partial charge is 0.225 e. The molecule has 7 heteroatoms. The highest BCUT2D eigenvalue weighted by atomic mass is 35.5. The van der Waals surface area contributed by atoms with Gasteiger partial charge in [0.25, 0.3) is 0 Å². The Labute approximate surface area is 124 Å². The van der Waals surface area contributed by atoms with Crippen LogP contribution in [-0.2, 0) is 6.54 Å². The SMILES string of the molecule is Oc1cccc2c(NCc3ccncc3F)nc(Cl)nc12. The van der Waals surface area contributed by atoms with Gasteiger partial charge in [-0.3, -0.25) is 4.98 Å². The minimum atomic E-state index is -0.405. The number of fused-ring (bicyclic) bond motifs is 1. The first-order valence-electron chi connectivity index (χ1n) is 6.12. The average molecular weight is 305 g/mol. The van der Waals surface area contributed by atoms with E-state index in [1.165, 1.54) is 12.3 Å². The second-order valence-electron chi connectivity index (χ2n) is 4.34. The van der Waals surface area contributed by atoms with E-state index in [0.29, 0.717) is 22.3 Å². The van der Waals surface area contributed by atoms with Gasteiger partial charge >= 0.3 is 0 Å². The Balaban J connectivity index is 1.97. The molecule has 0 atom stereocenters. The van der Waals surface area contributed by atoms with Crippen molar-refractivity contribution in [3.63, 3.8) is 0 Å². The van der Waals surface area contributed by atoms with Gasteiger partial charge in [-0.15, -0.1) is 0 Å². The topological polar surface area (TPSA) is 70.9 Å². The number of anilines is 1. The molecule has 0 amide bonds. The molecule has 0 radical (unpaired) electrons. The Morgan fingerprint density at radius 3 is 2.90 bits per heavy atom. The largest absolute Gasteiger partial charge is 0.506 e. The zero-order chi connectivity index (χ0) is 14.8. The summed E-state index contributed by atoms with van der Waals surface area (Å²) in [4.78, 5) is 11.8. The standard InChI is InChI=1S/C14H10ClFN4O/c15-14-19-12-9(2-1-3-11(12)21)13(20-14)18-6-8-4-5-17-7-10(8)16/h1-5,7,21H,6H2,(H,18,19,20). The summed E-state index contributed by atoms with van der Waals surface area (Å²) in [5, 5.41) is 13.4. The summed E-state index contributed by atoms with van der Waals surface area (Å²) in [6, 6.07) is 6.51. The fraction of sp³-hybridized carbons (Fsp3) is 0.0714. The number of pyridine rings is 1. The van der Waals surface area contributed by atoms with Crippen molar-refractivity contribution in [2.45, 2.75) is 6.54 Å². The van der Waals surface area contributed by atoms with E-state index >= 15 is 0 Å². The lowest BCUT2D eigenvalue weighted by Gasteiger charge is -2.10. The lowest BCUT2D eigenvalue weighted by molar-refractivity contribution is 0.480. The molecule has 0 unspecified atom stereocenters. The third-order valence-electron chi connectivity index (χ3n) is 2.98. The maximum Gasteiger partial charge on any atom is 0.225 e. The number of aromatic nitrogens is 3. The molecule has 0 aliphatic carbocycles. The lowest BCUT2D eigenvalue weighted by Crippen LogP contribution is -2.05. The van der Waals surface area contributed by atoms with Crippen LogP contribution in [0.1, 0.15) is 5.56 Å². The highest BCUT2D eigenvalue weighted by Gasteiger charge is 2.10. The molecule has 0 aliphatic rings. The third-order valence-corrected chi connectivity index (χ3v) is 3.15. The van der Waals surface area contributed by atoms with Gasteiger partial charge in [0.1, 0.15) is 22.9 Å². The van der Waals surface area contributed by atoms with Crippen LogP contribution >= 0.6 is 11.6 Å². The normalized spacial score (nSPS) is 10.8. The number of benzene rings is 1. The summed E-state index contributed by atoms with van der Waals surface area (Å²) in [5.41, 5.74) is 0.795. The fourth-order valence-electron chi connectivity index (χ4n) is 1.97. The maximum absolute atomic E-state index is 13.5. The van der Waals surface area contributed by atoms with Gasteiger partial charge in [-0.2, -0.15) is 0 Å². The van der Waals surface area contributed by atoms with E-state index in [1.54, 1.807) is 18.2 Å². The van der Waals surface area contributed by atoms with Gasteiger partial charge in [-0.05, 0) is 29.8 Å². The molecule has 3 aromatic rings. The quantitative estimate of drug-likeness (QED) is 0.727. The molecule has 3 rings (SSSR count). The van der Waals surface area contributed by atoms with Crippen LogP contribution in [0.25, 0.3) is 10.9 Å². The van der Waals surface area contributed by atoms with Crippen molar-refractivity contribution in [1.82, 2.24) is 15.0 Å². The van der Waals surface area contributed by atoms with Crippen LogP contribution < -0.4 is 5.32 Å². The molecule has 2 heterocycles. The summed E-state index contributed by atoms with van der Waals surface area (Å²) in [6.45, 7) is 0.215. The number of nitrogens with zero attached hydrogens (tertiary/aromatic N) is 3. The number of phenolic OH excluding ortho intramolecular Hbond substituents is 1. The third kappa shape index (κ3) is 2.71. The number of hydrogen-bond donors (Lipinski definition) is 2. The molecule has 5 nitrogen and oxygen atoms in total. The Morgan fingerprint density at radius 2 is 2.10 bits per heavy atom. The van der Waals surface area contributed by atoms with Crippen LogP contribution in [0.3, 0.4) is 0 Å². The molecule has 0 saturated carbocycles. The van der Waals surface area contributed by atoms with Gasteiger partial charge in [0, 0.05) is 23.7 Å². The molecular weight excluding hydrogens is 295 g/mol. The molecule has 0 fully saturated rings. The highest BCUT2D eigenvalue weighted by Crippen LogP contribution is 2.28. The molecular formula is C14H10ClFN4O.